The first-order valence-corrected chi connectivity index (χ1v) is 10.7. The van der Waals surface area contributed by atoms with Crippen LogP contribution in [0.2, 0.25) is 5.02 Å². The lowest BCUT2D eigenvalue weighted by Crippen LogP contribution is -2.33. The van der Waals surface area contributed by atoms with Crippen LogP contribution in [0, 0.1) is 12.7 Å². The van der Waals surface area contributed by atoms with E-state index in [4.69, 9.17) is 11.6 Å². The molecule has 1 aliphatic rings. The molecule has 1 N–H and O–H groups in total. The van der Waals surface area contributed by atoms with Gasteiger partial charge >= 0.3 is 0 Å². The van der Waals surface area contributed by atoms with Crippen molar-refractivity contribution in [2.45, 2.75) is 26.7 Å². The minimum Gasteiger partial charge on any atom is -0.350 e. The Kier molecular flexibility index (Phi) is 5.85. The van der Waals surface area contributed by atoms with E-state index in [0.29, 0.717) is 33.4 Å². The van der Waals surface area contributed by atoms with E-state index in [-0.39, 0.29) is 11.3 Å². The van der Waals surface area contributed by atoms with E-state index in [1.807, 2.05) is 24.3 Å². The highest BCUT2D eigenvalue weighted by Crippen LogP contribution is 2.36. The molecule has 2 amide bonds. The summed E-state index contributed by atoms with van der Waals surface area (Å²) in [5.74, 6) is -1.04. The molecule has 3 aromatic carbocycles. The summed E-state index contributed by atoms with van der Waals surface area (Å²) in [6.07, 6.45) is 0. The lowest BCUT2D eigenvalue weighted by atomic mass is 10.0. The Labute approximate surface area is 191 Å². The molecular weight excluding hydrogens is 427 g/mol. The number of rotatable bonds is 5. The first kappa shape index (κ1) is 21.8. The average Bonchev–Trinajstić information content (AvgIpc) is 3.01. The predicted octanol–water partition coefficient (Wildman–Crippen LogP) is 6.31. The fourth-order valence-electron chi connectivity index (χ4n) is 3.68. The first-order chi connectivity index (χ1) is 15.3. The second-order valence-corrected chi connectivity index (χ2v) is 8.40. The number of imide groups is 1. The fraction of sp³-hybridized carbons (Fsp3) is 0.154. The summed E-state index contributed by atoms with van der Waals surface area (Å²) in [7, 11) is 0. The first-order valence-electron chi connectivity index (χ1n) is 10.3. The van der Waals surface area contributed by atoms with Crippen molar-refractivity contribution in [3.8, 4) is 0 Å². The normalized spacial score (nSPS) is 14.0. The molecule has 4 rings (SSSR count). The molecule has 1 aliphatic heterocycles. The highest BCUT2D eigenvalue weighted by molar-refractivity contribution is 6.46. The Morgan fingerprint density at radius 3 is 2.19 bits per heavy atom. The van der Waals surface area contributed by atoms with Gasteiger partial charge in [-0.1, -0.05) is 55.8 Å². The Morgan fingerprint density at radius 1 is 0.906 bits per heavy atom. The van der Waals surface area contributed by atoms with E-state index in [0.717, 1.165) is 10.5 Å². The molecule has 4 nitrogen and oxygen atoms in total. The third kappa shape index (κ3) is 3.92. The topological polar surface area (TPSA) is 49.4 Å². The molecule has 0 spiro atoms. The monoisotopic (exact) mass is 448 g/mol. The SMILES string of the molecule is Cc1c(Cl)cccc1N1C(=O)C(Nc2ccc(C(C)C)cc2)=C(c2ccc(F)cc2)C1=O. The molecule has 0 saturated carbocycles. The van der Waals surface area contributed by atoms with Gasteiger partial charge in [0.15, 0.2) is 0 Å². The molecule has 0 atom stereocenters. The van der Waals surface area contributed by atoms with Crippen molar-refractivity contribution in [2.75, 3.05) is 10.2 Å². The number of hydrogen-bond acceptors (Lipinski definition) is 3. The van der Waals surface area contributed by atoms with Crippen LogP contribution in [0.25, 0.3) is 5.57 Å². The van der Waals surface area contributed by atoms with Gasteiger partial charge in [0.25, 0.3) is 11.8 Å². The van der Waals surface area contributed by atoms with Crippen LogP contribution in [0.15, 0.2) is 72.4 Å². The molecule has 0 aliphatic carbocycles. The summed E-state index contributed by atoms with van der Waals surface area (Å²) in [5, 5.41) is 3.58. The molecule has 3 aromatic rings. The number of nitrogens with one attached hydrogen (secondary N) is 1. The van der Waals surface area contributed by atoms with Gasteiger partial charge in [-0.2, -0.15) is 0 Å². The predicted molar refractivity (Wildman–Crippen MR) is 126 cm³/mol. The van der Waals surface area contributed by atoms with Gasteiger partial charge in [-0.15, -0.1) is 0 Å². The van der Waals surface area contributed by atoms with Crippen LogP contribution in [-0.2, 0) is 9.59 Å². The second kappa shape index (κ2) is 8.60. The third-order valence-corrected chi connectivity index (χ3v) is 5.95. The zero-order valence-corrected chi connectivity index (χ0v) is 18.7. The van der Waals surface area contributed by atoms with E-state index >= 15 is 0 Å². The number of nitrogens with zero attached hydrogens (tertiary/aromatic N) is 1. The van der Waals surface area contributed by atoms with E-state index in [9.17, 15) is 14.0 Å². The van der Waals surface area contributed by atoms with E-state index in [1.54, 1.807) is 25.1 Å². The van der Waals surface area contributed by atoms with Gasteiger partial charge in [0, 0.05) is 10.7 Å². The highest BCUT2D eigenvalue weighted by Gasteiger charge is 2.41. The van der Waals surface area contributed by atoms with Crippen molar-refractivity contribution in [3.05, 3.63) is 100.0 Å². The lowest BCUT2D eigenvalue weighted by Gasteiger charge is -2.18. The molecule has 32 heavy (non-hydrogen) atoms. The number of anilines is 2. The zero-order chi connectivity index (χ0) is 23.0. The van der Waals surface area contributed by atoms with E-state index in [2.05, 4.69) is 19.2 Å². The summed E-state index contributed by atoms with van der Waals surface area (Å²) in [4.78, 5) is 28.1. The summed E-state index contributed by atoms with van der Waals surface area (Å²) in [6, 6.07) is 18.3. The van der Waals surface area contributed by atoms with Gasteiger partial charge in [0.1, 0.15) is 11.5 Å². The van der Waals surface area contributed by atoms with Gasteiger partial charge in [-0.25, -0.2) is 9.29 Å². The van der Waals surface area contributed by atoms with Gasteiger partial charge < -0.3 is 5.32 Å². The molecule has 0 saturated heterocycles. The molecule has 1 heterocycles. The maximum atomic E-state index is 13.5. The minimum atomic E-state index is -0.493. The molecule has 0 radical (unpaired) electrons. The Morgan fingerprint density at radius 2 is 1.56 bits per heavy atom. The van der Waals surface area contributed by atoms with E-state index in [1.165, 1.54) is 24.3 Å². The Bertz CT molecular complexity index is 1230. The highest BCUT2D eigenvalue weighted by atomic mass is 35.5. The fourth-order valence-corrected chi connectivity index (χ4v) is 3.85. The summed E-state index contributed by atoms with van der Waals surface area (Å²) in [6.45, 7) is 5.95. The Hall–Kier alpha value is -3.44. The quantitative estimate of drug-likeness (QED) is 0.465. The number of carbonyl (C=O) groups is 2. The van der Waals surface area contributed by atoms with Gasteiger partial charge in [-0.3, -0.25) is 9.59 Å². The van der Waals surface area contributed by atoms with Crippen molar-refractivity contribution in [1.82, 2.24) is 0 Å². The third-order valence-electron chi connectivity index (χ3n) is 5.54. The molecular formula is C26H22ClFN2O2. The maximum Gasteiger partial charge on any atom is 0.282 e. The molecule has 0 aromatic heterocycles. The number of halogens is 2. The lowest BCUT2D eigenvalue weighted by molar-refractivity contribution is -0.120. The van der Waals surface area contributed by atoms with Crippen LogP contribution in [-0.4, -0.2) is 11.8 Å². The summed E-state index contributed by atoms with van der Waals surface area (Å²) in [5.41, 5.74) is 3.65. The average molecular weight is 449 g/mol. The maximum absolute atomic E-state index is 13.5. The van der Waals surface area contributed by atoms with E-state index < -0.39 is 17.6 Å². The van der Waals surface area contributed by atoms with Crippen LogP contribution >= 0.6 is 11.6 Å². The number of carbonyl (C=O) groups excluding carboxylic acids is 2. The van der Waals surface area contributed by atoms with Crippen LogP contribution in [0.5, 0.6) is 0 Å². The standard InChI is InChI=1S/C26H22ClFN2O2/c1-15(2)17-9-13-20(14-10-17)29-24-23(18-7-11-19(28)12-8-18)25(31)30(26(24)32)22-6-4-5-21(27)16(22)3/h4-15,29H,1-3H3. The number of benzene rings is 3. The van der Waals surface area contributed by atoms with Crippen molar-refractivity contribution in [1.29, 1.82) is 0 Å². The molecule has 6 heteroatoms. The second-order valence-electron chi connectivity index (χ2n) is 7.99. The number of hydrogen-bond donors (Lipinski definition) is 1. The van der Waals surface area contributed by atoms with Crippen molar-refractivity contribution < 1.29 is 14.0 Å². The summed E-state index contributed by atoms with van der Waals surface area (Å²) < 4.78 is 13.5. The molecule has 0 fully saturated rings. The largest absolute Gasteiger partial charge is 0.350 e. The van der Waals surface area contributed by atoms with Crippen molar-refractivity contribution >= 4 is 40.4 Å². The van der Waals surface area contributed by atoms with Crippen molar-refractivity contribution in [3.63, 3.8) is 0 Å². The molecule has 162 valence electrons. The minimum absolute atomic E-state index is 0.137. The molecule has 0 unspecified atom stereocenters. The van der Waals surface area contributed by atoms with Crippen LogP contribution in [0.4, 0.5) is 15.8 Å². The number of amides is 2. The van der Waals surface area contributed by atoms with Gasteiger partial charge in [0.2, 0.25) is 0 Å². The Balaban J connectivity index is 1.81. The molecule has 0 bridgehead atoms. The smallest absolute Gasteiger partial charge is 0.282 e. The zero-order valence-electron chi connectivity index (χ0n) is 17.9. The van der Waals surface area contributed by atoms with Gasteiger partial charge in [-0.05, 0) is 65.9 Å². The summed E-state index contributed by atoms with van der Waals surface area (Å²) >= 11 is 6.24. The van der Waals surface area contributed by atoms with Crippen molar-refractivity contribution in [2.24, 2.45) is 0 Å². The van der Waals surface area contributed by atoms with Crippen LogP contribution in [0.1, 0.15) is 36.5 Å². The van der Waals surface area contributed by atoms with Crippen LogP contribution in [0.3, 0.4) is 0 Å². The van der Waals surface area contributed by atoms with Gasteiger partial charge in [0.05, 0.1) is 11.3 Å². The van der Waals surface area contributed by atoms with Crippen LogP contribution < -0.4 is 10.2 Å².